The number of rotatable bonds is 3. The summed E-state index contributed by atoms with van der Waals surface area (Å²) in [4.78, 5) is 24.7. The zero-order valence-corrected chi connectivity index (χ0v) is 11.1. The summed E-state index contributed by atoms with van der Waals surface area (Å²) >= 11 is 0. The number of nitrogens with zero attached hydrogens (tertiary/aromatic N) is 1. The van der Waals surface area contributed by atoms with Crippen molar-refractivity contribution in [1.29, 1.82) is 0 Å². The third-order valence-corrected chi connectivity index (χ3v) is 2.85. The molecule has 1 aliphatic rings. The molecule has 1 saturated heterocycles. The molecule has 3 atom stereocenters. The van der Waals surface area contributed by atoms with Crippen LogP contribution in [0.1, 0.15) is 32.4 Å². The van der Waals surface area contributed by atoms with E-state index >= 15 is 0 Å². The molecule has 1 aromatic heterocycles. The summed E-state index contributed by atoms with van der Waals surface area (Å²) in [5.74, 6) is 0. The maximum Gasteiger partial charge on any atom is 0.330 e. The molecule has 7 nitrogen and oxygen atoms in total. The topological polar surface area (TPSA) is 105 Å². The van der Waals surface area contributed by atoms with Gasteiger partial charge in [0.25, 0.3) is 5.56 Å². The van der Waals surface area contributed by atoms with Gasteiger partial charge in [-0.25, -0.2) is 4.79 Å². The first-order chi connectivity index (χ1) is 9.06. The van der Waals surface area contributed by atoms with E-state index in [-0.39, 0.29) is 12.3 Å². The van der Waals surface area contributed by atoms with Crippen molar-refractivity contribution in [3.05, 3.63) is 33.1 Å². The summed E-state index contributed by atoms with van der Waals surface area (Å²) in [5.41, 5.74) is -0.870. The minimum absolute atomic E-state index is 0.0289. The zero-order valence-electron chi connectivity index (χ0n) is 11.1. The van der Waals surface area contributed by atoms with Crippen LogP contribution in [0.25, 0.3) is 0 Å². The first-order valence-corrected chi connectivity index (χ1v) is 6.16. The molecular formula is C12H20N2O5. The van der Waals surface area contributed by atoms with Gasteiger partial charge < -0.3 is 14.9 Å². The molecule has 0 amide bonds. The van der Waals surface area contributed by atoms with E-state index in [9.17, 15) is 14.7 Å². The molecule has 3 unspecified atom stereocenters. The van der Waals surface area contributed by atoms with E-state index in [0.717, 1.165) is 13.5 Å². The third kappa shape index (κ3) is 4.30. The van der Waals surface area contributed by atoms with Crippen molar-refractivity contribution in [3.8, 4) is 0 Å². The molecule has 3 N–H and O–H groups in total. The van der Waals surface area contributed by atoms with Crippen LogP contribution in [0.2, 0.25) is 0 Å². The molecule has 1 aromatic rings. The van der Waals surface area contributed by atoms with Crippen molar-refractivity contribution >= 4 is 0 Å². The molecule has 0 aromatic carbocycles. The van der Waals surface area contributed by atoms with Gasteiger partial charge in [-0.2, -0.15) is 0 Å². The minimum atomic E-state index is -0.458. The number of aliphatic hydroxyl groups excluding tert-OH is 2. The zero-order chi connectivity index (χ0) is 14.4. The Hall–Kier alpha value is -1.44. The number of hydrogen-bond donors (Lipinski definition) is 3. The van der Waals surface area contributed by atoms with Crippen LogP contribution in [-0.2, 0) is 4.74 Å². The molecule has 0 aliphatic carbocycles. The van der Waals surface area contributed by atoms with Crippen molar-refractivity contribution in [3.63, 3.8) is 0 Å². The second-order valence-corrected chi connectivity index (χ2v) is 4.39. The monoisotopic (exact) mass is 272 g/mol. The number of aliphatic hydroxyl groups is 2. The molecule has 2 rings (SSSR count). The van der Waals surface area contributed by atoms with Crippen molar-refractivity contribution in [2.45, 2.75) is 44.6 Å². The maximum absolute atomic E-state index is 11.5. The van der Waals surface area contributed by atoms with E-state index in [1.807, 2.05) is 0 Å². The molecule has 1 fully saturated rings. The van der Waals surface area contributed by atoms with Crippen LogP contribution in [0.15, 0.2) is 21.9 Å². The second-order valence-electron chi connectivity index (χ2n) is 4.39. The summed E-state index contributed by atoms with van der Waals surface area (Å²) < 4.78 is 7.04. The van der Waals surface area contributed by atoms with Gasteiger partial charge >= 0.3 is 5.69 Å². The van der Waals surface area contributed by atoms with Gasteiger partial charge in [-0.15, -0.1) is 0 Å². The highest BCUT2D eigenvalue weighted by Crippen LogP contribution is 2.29. The lowest BCUT2D eigenvalue weighted by Crippen LogP contribution is -2.31. The maximum atomic E-state index is 11.5. The standard InChI is InChI=1S/C11H16N2O4.CH4O/c1-7(14)6-8-2-3-10(17-8)13-5-4-9(15)12-11(13)16;1-2/h4-5,7-8,10,14H,2-3,6H2,1H3,(H,12,15,16);2H,1H3. The molecule has 108 valence electrons. The molecular weight excluding hydrogens is 252 g/mol. The van der Waals surface area contributed by atoms with Gasteiger partial charge in [0.1, 0.15) is 6.23 Å². The summed E-state index contributed by atoms with van der Waals surface area (Å²) in [7, 11) is 1.00. The molecule has 2 heterocycles. The summed E-state index contributed by atoms with van der Waals surface area (Å²) in [5, 5.41) is 16.3. The highest BCUT2D eigenvalue weighted by atomic mass is 16.5. The average Bonchev–Trinajstić information content (AvgIpc) is 2.79. The van der Waals surface area contributed by atoms with E-state index in [4.69, 9.17) is 9.84 Å². The van der Waals surface area contributed by atoms with E-state index in [1.54, 1.807) is 6.92 Å². The van der Waals surface area contributed by atoms with Gasteiger partial charge in [0.05, 0.1) is 12.2 Å². The Morgan fingerprint density at radius 1 is 1.47 bits per heavy atom. The normalized spacial score (nSPS) is 23.6. The van der Waals surface area contributed by atoms with Crippen molar-refractivity contribution in [1.82, 2.24) is 9.55 Å². The Labute approximate surface area is 110 Å². The fourth-order valence-corrected chi connectivity index (χ4v) is 2.10. The lowest BCUT2D eigenvalue weighted by atomic mass is 10.1. The van der Waals surface area contributed by atoms with Crippen molar-refractivity contribution in [2.75, 3.05) is 7.11 Å². The molecule has 0 saturated carbocycles. The number of H-pyrrole nitrogens is 1. The highest BCUT2D eigenvalue weighted by Gasteiger charge is 2.27. The van der Waals surface area contributed by atoms with E-state index in [1.165, 1.54) is 16.8 Å². The largest absolute Gasteiger partial charge is 0.400 e. The van der Waals surface area contributed by atoms with Gasteiger partial charge in [0.2, 0.25) is 0 Å². The van der Waals surface area contributed by atoms with E-state index < -0.39 is 17.4 Å². The SMILES string of the molecule is CC(O)CC1CCC(n2ccc(=O)[nH]c2=O)O1.CO. The number of nitrogens with one attached hydrogen (secondary N) is 1. The quantitative estimate of drug-likeness (QED) is 0.694. The second kappa shape index (κ2) is 7.22. The van der Waals surface area contributed by atoms with E-state index in [2.05, 4.69) is 4.98 Å². The van der Waals surface area contributed by atoms with Crippen LogP contribution in [0.4, 0.5) is 0 Å². The molecule has 0 spiro atoms. The van der Waals surface area contributed by atoms with Gasteiger partial charge in [0, 0.05) is 19.4 Å². The number of aromatic amines is 1. The van der Waals surface area contributed by atoms with Crippen LogP contribution in [-0.4, -0.2) is 39.1 Å². The van der Waals surface area contributed by atoms with Crippen LogP contribution in [0, 0.1) is 0 Å². The minimum Gasteiger partial charge on any atom is -0.400 e. The number of ether oxygens (including phenoxy) is 1. The van der Waals surface area contributed by atoms with Crippen molar-refractivity contribution in [2.24, 2.45) is 0 Å². The Balaban J connectivity index is 0.000000861. The first kappa shape index (κ1) is 15.6. The predicted molar refractivity (Wildman–Crippen MR) is 68.9 cm³/mol. The highest BCUT2D eigenvalue weighted by molar-refractivity contribution is 4.86. The first-order valence-electron chi connectivity index (χ1n) is 6.16. The third-order valence-electron chi connectivity index (χ3n) is 2.85. The molecule has 0 radical (unpaired) electrons. The summed E-state index contributed by atoms with van der Waals surface area (Å²) in [6, 6.07) is 1.30. The van der Waals surface area contributed by atoms with Crippen LogP contribution < -0.4 is 11.2 Å². The average molecular weight is 272 g/mol. The summed E-state index contributed by atoms with van der Waals surface area (Å²) in [6.07, 6.45) is 2.74. The molecule has 7 heteroatoms. The Bertz CT molecular complexity index is 493. The van der Waals surface area contributed by atoms with Gasteiger partial charge in [-0.1, -0.05) is 0 Å². The summed E-state index contributed by atoms with van der Waals surface area (Å²) in [6.45, 7) is 1.71. The lowest BCUT2D eigenvalue weighted by molar-refractivity contribution is -0.0200. The predicted octanol–water partition coefficient (Wildman–Crippen LogP) is -0.406. The van der Waals surface area contributed by atoms with Gasteiger partial charge in [-0.3, -0.25) is 14.3 Å². The molecule has 19 heavy (non-hydrogen) atoms. The Morgan fingerprint density at radius 2 is 2.16 bits per heavy atom. The van der Waals surface area contributed by atoms with Crippen LogP contribution >= 0.6 is 0 Å². The Kier molecular flexibility index (Phi) is 5.94. The fraction of sp³-hybridized carbons (Fsp3) is 0.667. The van der Waals surface area contributed by atoms with Crippen LogP contribution in [0.3, 0.4) is 0 Å². The fourth-order valence-electron chi connectivity index (χ4n) is 2.10. The van der Waals surface area contributed by atoms with Crippen LogP contribution in [0.5, 0.6) is 0 Å². The lowest BCUT2D eigenvalue weighted by Gasteiger charge is -2.16. The number of hydrogen-bond acceptors (Lipinski definition) is 5. The van der Waals surface area contributed by atoms with Gasteiger partial charge in [-0.05, 0) is 26.2 Å². The molecule has 0 bridgehead atoms. The van der Waals surface area contributed by atoms with E-state index in [0.29, 0.717) is 12.8 Å². The Morgan fingerprint density at radius 3 is 2.74 bits per heavy atom. The van der Waals surface area contributed by atoms with Gasteiger partial charge in [0.15, 0.2) is 0 Å². The molecule has 1 aliphatic heterocycles. The van der Waals surface area contributed by atoms with Crippen molar-refractivity contribution < 1.29 is 14.9 Å². The number of aromatic nitrogens is 2. The smallest absolute Gasteiger partial charge is 0.330 e.